The molecule has 0 saturated heterocycles. The zero-order chi connectivity index (χ0) is 17.4. The normalized spacial score (nSPS) is 12.8. The molecule has 3 N–H and O–H groups in total. The van der Waals surface area contributed by atoms with Crippen LogP contribution < -0.4 is 10.6 Å². The Balaban J connectivity index is 2.83. The fraction of sp³-hybridized carbons (Fsp3) is 0.353. The first kappa shape index (κ1) is 18.4. The number of carbonyl (C=O) groups is 3. The van der Waals surface area contributed by atoms with Crippen molar-refractivity contribution in [2.45, 2.75) is 38.8 Å². The lowest BCUT2D eigenvalue weighted by Crippen LogP contribution is -2.52. The number of aliphatic carboxylic acids is 1. The molecule has 0 radical (unpaired) electrons. The second-order valence-corrected chi connectivity index (χ2v) is 5.50. The predicted molar refractivity (Wildman–Crippen MR) is 86.7 cm³/mol. The van der Waals surface area contributed by atoms with Gasteiger partial charge in [0.2, 0.25) is 11.8 Å². The molecule has 6 heteroatoms. The Kier molecular flexibility index (Phi) is 6.99. The van der Waals surface area contributed by atoms with Crippen molar-refractivity contribution in [3.8, 4) is 0 Å². The summed E-state index contributed by atoms with van der Waals surface area (Å²) in [6.07, 6.45) is 0.421. The molecule has 0 heterocycles. The van der Waals surface area contributed by atoms with Crippen molar-refractivity contribution in [2.75, 3.05) is 0 Å². The summed E-state index contributed by atoms with van der Waals surface area (Å²) in [5.74, 6) is -2.02. The van der Waals surface area contributed by atoms with E-state index in [0.29, 0.717) is 5.57 Å². The van der Waals surface area contributed by atoms with Crippen LogP contribution in [0.15, 0.2) is 42.5 Å². The highest BCUT2D eigenvalue weighted by Gasteiger charge is 2.26. The third-order valence-electron chi connectivity index (χ3n) is 3.14. The van der Waals surface area contributed by atoms with E-state index in [1.54, 1.807) is 6.92 Å². The van der Waals surface area contributed by atoms with E-state index in [2.05, 4.69) is 17.2 Å². The average molecular weight is 318 g/mol. The molecule has 0 spiro atoms. The van der Waals surface area contributed by atoms with Crippen LogP contribution in [0.3, 0.4) is 0 Å². The molecule has 0 aromatic heterocycles. The van der Waals surface area contributed by atoms with Gasteiger partial charge in [0.05, 0.1) is 0 Å². The Morgan fingerprint density at radius 2 is 1.70 bits per heavy atom. The number of hydrogen-bond donors (Lipinski definition) is 3. The van der Waals surface area contributed by atoms with Crippen LogP contribution in [0.4, 0.5) is 0 Å². The molecule has 124 valence electrons. The van der Waals surface area contributed by atoms with Crippen molar-refractivity contribution in [3.05, 3.63) is 48.0 Å². The fourth-order valence-corrected chi connectivity index (χ4v) is 2.13. The molecule has 0 saturated carbocycles. The summed E-state index contributed by atoms with van der Waals surface area (Å²) < 4.78 is 0. The third-order valence-corrected chi connectivity index (χ3v) is 3.14. The summed E-state index contributed by atoms with van der Waals surface area (Å²) in [6.45, 7) is 6.67. The maximum absolute atomic E-state index is 12.4. The third kappa shape index (κ3) is 6.78. The van der Waals surface area contributed by atoms with E-state index in [4.69, 9.17) is 0 Å². The van der Waals surface area contributed by atoms with Crippen molar-refractivity contribution < 1.29 is 19.5 Å². The molecular weight excluding hydrogens is 296 g/mol. The predicted octanol–water partition coefficient (Wildman–Crippen LogP) is 1.27. The Morgan fingerprint density at radius 3 is 2.17 bits per heavy atom. The van der Waals surface area contributed by atoms with E-state index in [9.17, 15) is 19.5 Å². The average Bonchev–Trinajstić information content (AvgIpc) is 2.45. The first-order chi connectivity index (χ1) is 10.8. The number of rotatable bonds is 8. The highest BCUT2D eigenvalue weighted by molar-refractivity contribution is 5.90. The minimum Gasteiger partial charge on any atom is -0.480 e. The van der Waals surface area contributed by atoms with Gasteiger partial charge in [-0.25, -0.2) is 4.79 Å². The molecular formula is C17H22N2O4. The van der Waals surface area contributed by atoms with Crippen LogP contribution in [0, 0.1) is 0 Å². The van der Waals surface area contributed by atoms with Crippen molar-refractivity contribution in [2.24, 2.45) is 0 Å². The summed E-state index contributed by atoms with van der Waals surface area (Å²) in [5, 5.41) is 14.2. The van der Waals surface area contributed by atoms with Gasteiger partial charge in [-0.3, -0.25) is 9.59 Å². The molecule has 23 heavy (non-hydrogen) atoms. The minimum atomic E-state index is -1.14. The van der Waals surface area contributed by atoms with E-state index in [-0.39, 0.29) is 18.7 Å². The molecule has 6 nitrogen and oxygen atoms in total. The lowest BCUT2D eigenvalue weighted by molar-refractivity contribution is -0.142. The van der Waals surface area contributed by atoms with Crippen LogP contribution in [0.5, 0.6) is 0 Å². The summed E-state index contributed by atoms with van der Waals surface area (Å²) in [7, 11) is 0. The van der Waals surface area contributed by atoms with Crippen molar-refractivity contribution in [1.29, 1.82) is 0 Å². The van der Waals surface area contributed by atoms with Crippen molar-refractivity contribution in [1.82, 2.24) is 10.6 Å². The molecule has 1 rings (SSSR count). The molecule has 0 aliphatic carbocycles. The van der Waals surface area contributed by atoms with E-state index >= 15 is 0 Å². The molecule has 0 aliphatic rings. The molecule has 1 aromatic rings. The van der Waals surface area contributed by atoms with Gasteiger partial charge in [0.15, 0.2) is 0 Å². The maximum atomic E-state index is 12.4. The van der Waals surface area contributed by atoms with Gasteiger partial charge in [-0.05, 0) is 18.9 Å². The number of carboxylic acid groups (broad SMARTS) is 1. The second kappa shape index (κ2) is 8.73. The topological polar surface area (TPSA) is 95.5 Å². The molecule has 0 unspecified atom stereocenters. The molecule has 0 bridgehead atoms. The second-order valence-electron chi connectivity index (χ2n) is 5.50. The molecule has 2 amide bonds. The number of amides is 2. The van der Waals surface area contributed by atoms with Gasteiger partial charge in [-0.2, -0.15) is 0 Å². The molecule has 0 aliphatic heterocycles. The summed E-state index contributed by atoms with van der Waals surface area (Å²) in [5.41, 5.74) is 1.52. The quantitative estimate of drug-likeness (QED) is 0.629. The Hall–Kier alpha value is -2.63. The standard InChI is InChI=1S/C17H22N2O4/c1-11(2)9-15(17(22)23)19-16(21)14(18-12(3)20)10-13-7-5-4-6-8-13/h4-8,14-15H,1,9-10H2,2-3H3,(H,18,20)(H,19,21)(H,22,23)/t14-,15+/m1/s1. The highest BCUT2D eigenvalue weighted by Crippen LogP contribution is 2.06. The van der Waals surface area contributed by atoms with Crippen LogP contribution in [-0.4, -0.2) is 35.0 Å². The van der Waals surface area contributed by atoms with Gasteiger partial charge in [0.25, 0.3) is 0 Å². The lowest BCUT2D eigenvalue weighted by Gasteiger charge is -2.21. The van der Waals surface area contributed by atoms with Crippen LogP contribution in [0.2, 0.25) is 0 Å². The number of hydrogen-bond acceptors (Lipinski definition) is 3. The summed E-state index contributed by atoms with van der Waals surface area (Å²) in [6, 6.07) is 7.30. The monoisotopic (exact) mass is 318 g/mol. The van der Waals surface area contributed by atoms with Gasteiger partial charge < -0.3 is 15.7 Å². The van der Waals surface area contributed by atoms with E-state index in [1.165, 1.54) is 6.92 Å². The van der Waals surface area contributed by atoms with Gasteiger partial charge in [-0.1, -0.05) is 35.9 Å². The Morgan fingerprint density at radius 1 is 1.09 bits per heavy atom. The minimum absolute atomic E-state index is 0.138. The Bertz CT molecular complexity index is 584. The Labute approximate surface area is 135 Å². The maximum Gasteiger partial charge on any atom is 0.326 e. The number of carboxylic acids is 1. The zero-order valence-electron chi connectivity index (χ0n) is 13.3. The van der Waals surface area contributed by atoms with Gasteiger partial charge in [0, 0.05) is 13.3 Å². The summed E-state index contributed by atoms with van der Waals surface area (Å²) in [4.78, 5) is 34.9. The largest absolute Gasteiger partial charge is 0.480 e. The molecule has 0 fully saturated rings. The van der Waals surface area contributed by atoms with Gasteiger partial charge in [0.1, 0.15) is 12.1 Å². The van der Waals surface area contributed by atoms with Gasteiger partial charge in [-0.15, -0.1) is 6.58 Å². The van der Waals surface area contributed by atoms with Crippen LogP contribution in [0.25, 0.3) is 0 Å². The molecule has 2 atom stereocenters. The van der Waals surface area contributed by atoms with E-state index in [0.717, 1.165) is 5.56 Å². The SMILES string of the molecule is C=C(C)C[C@H](NC(=O)[C@@H](Cc1ccccc1)NC(C)=O)C(=O)O. The number of carbonyl (C=O) groups excluding carboxylic acids is 2. The van der Waals surface area contributed by atoms with E-state index in [1.807, 2.05) is 30.3 Å². The smallest absolute Gasteiger partial charge is 0.326 e. The summed E-state index contributed by atoms with van der Waals surface area (Å²) >= 11 is 0. The first-order valence-corrected chi connectivity index (χ1v) is 7.28. The van der Waals surface area contributed by atoms with Crippen molar-refractivity contribution in [3.63, 3.8) is 0 Å². The number of benzene rings is 1. The van der Waals surface area contributed by atoms with Crippen LogP contribution >= 0.6 is 0 Å². The fourth-order valence-electron chi connectivity index (χ4n) is 2.13. The van der Waals surface area contributed by atoms with E-state index < -0.39 is 24.0 Å². The van der Waals surface area contributed by atoms with Crippen molar-refractivity contribution >= 4 is 17.8 Å². The highest BCUT2D eigenvalue weighted by atomic mass is 16.4. The lowest BCUT2D eigenvalue weighted by atomic mass is 10.0. The van der Waals surface area contributed by atoms with Crippen LogP contribution in [-0.2, 0) is 20.8 Å². The molecule has 1 aromatic carbocycles. The number of nitrogens with one attached hydrogen (secondary N) is 2. The van der Waals surface area contributed by atoms with Crippen LogP contribution in [0.1, 0.15) is 25.8 Å². The van der Waals surface area contributed by atoms with Gasteiger partial charge >= 0.3 is 5.97 Å². The zero-order valence-corrected chi connectivity index (χ0v) is 13.3. The first-order valence-electron chi connectivity index (χ1n) is 7.28.